The lowest BCUT2D eigenvalue weighted by Gasteiger charge is -2.24. The number of hydrogen-bond donors (Lipinski definition) is 1. The number of carbonyl (C=O) groups is 2. The van der Waals surface area contributed by atoms with E-state index in [2.05, 4.69) is 15.5 Å². The Balaban J connectivity index is 1.30. The molecule has 2 aromatic carbocycles. The van der Waals surface area contributed by atoms with Crippen LogP contribution in [-0.2, 0) is 4.79 Å². The molecule has 0 aliphatic carbocycles. The van der Waals surface area contributed by atoms with Crippen molar-refractivity contribution in [2.45, 2.75) is 18.9 Å². The van der Waals surface area contributed by atoms with Gasteiger partial charge in [-0.25, -0.2) is 0 Å². The van der Waals surface area contributed by atoms with Crippen LogP contribution in [0.2, 0.25) is 5.02 Å². The fourth-order valence-corrected chi connectivity index (χ4v) is 4.64. The maximum absolute atomic E-state index is 12.9. The second-order valence-corrected chi connectivity index (χ2v) is 8.49. The Labute approximate surface area is 186 Å². The van der Waals surface area contributed by atoms with Crippen molar-refractivity contribution in [1.29, 1.82) is 0 Å². The molecule has 1 fully saturated rings. The summed E-state index contributed by atoms with van der Waals surface area (Å²) in [7, 11) is 0. The summed E-state index contributed by atoms with van der Waals surface area (Å²) in [4.78, 5) is 27.4. The van der Waals surface area contributed by atoms with Crippen LogP contribution < -0.4 is 14.8 Å². The van der Waals surface area contributed by atoms with Crippen molar-refractivity contribution in [3.8, 4) is 22.1 Å². The van der Waals surface area contributed by atoms with Gasteiger partial charge in [-0.15, -0.1) is 10.2 Å². The highest BCUT2D eigenvalue weighted by Gasteiger charge is 2.35. The summed E-state index contributed by atoms with van der Waals surface area (Å²) in [6.45, 7) is 0.696. The van der Waals surface area contributed by atoms with Crippen LogP contribution in [0.5, 0.6) is 11.5 Å². The number of nitrogens with one attached hydrogen (secondary N) is 1. The van der Waals surface area contributed by atoms with Crippen LogP contribution in [0.25, 0.3) is 10.6 Å². The highest BCUT2D eigenvalue weighted by atomic mass is 35.5. The van der Waals surface area contributed by atoms with Gasteiger partial charge in [0.15, 0.2) is 11.5 Å². The molecule has 0 radical (unpaired) electrons. The molecular formula is C21H17ClN4O4S. The number of carbonyl (C=O) groups excluding carboxylic acids is 2. The van der Waals surface area contributed by atoms with Gasteiger partial charge < -0.3 is 14.4 Å². The summed E-state index contributed by atoms with van der Waals surface area (Å²) >= 11 is 7.42. The third kappa shape index (κ3) is 3.82. The molecule has 1 unspecified atom stereocenters. The number of ether oxygens (including phenoxy) is 2. The Hall–Kier alpha value is -3.17. The van der Waals surface area contributed by atoms with Crippen molar-refractivity contribution >= 4 is 39.9 Å². The van der Waals surface area contributed by atoms with Crippen molar-refractivity contribution < 1.29 is 19.1 Å². The predicted molar refractivity (Wildman–Crippen MR) is 116 cm³/mol. The van der Waals surface area contributed by atoms with E-state index in [9.17, 15) is 9.59 Å². The second kappa shape index (κ2) is 8.16. The van der Waals surface area contributed by atoms with Gasteiger partial charge in [-0.3, -0.25) is 14.9 Å². The van der Waals surface area contributed by atoms with Crippen molar-refractivity contribution in [1.82, 2.24) is 15.1 Å². The highest BCUT2D eigenvalue weighted by Crippen LogP contribution is 2.37. The Kier molecular flexibility index (Phi) is 5.21. The van der Waals surface area contributed by atoms with Crippen LogP contribution in [-0.4, -0.2) is 46.3 Å². The minimum atomic E-state index is -0.582. The zero-order valence-electron chi connectivity index (χ0n) is 16.2. The minimum absolute atomic E-state index is 0.195. The van der Waals surface area contributed by atoms with E-state index in [0.29, 0.717) is 45.2 Å². The maximum Gasteiger partial charge on any atom is 0.256 e. The maximum atomic E-state index is 12.9. The number of fused-ring (bicyclic) bond motifs is 1. The average molecular weight is 457 g/mol. The quantitative estimate of drug-likeness (QED) is 0.641. The Morgan fingerprint density at radius 2 is 1.97 bits per heavy atom. The molecule has 0 saturated carbocycles. The summed E-state index contributed by atoms with van der Waals surface area (Å²) < 4.78 is 10.7. The second-order valence-electron chi connectivity index (χ2n) is 7.11. The third-order valence-electron chi connectivity index (χ3n) is 5.20. The summed E-state index contributed by atoms with van der Waals surface area (Å²) in [5.74, 6) is 0.803. The number of rotatable bonds is 4. The van der Waals surface area contributed by atoms with Gasteiger partial charge in [0.2, 0.25) is 17.8 Å². The van der Waals surface area contributed by atoms with E-state index in [-0.39, 0.29) is 18.6 Å². The minimum Gasteiger partial charge on any atom is -0.454 e. The number of amides is 2. The van der Waals surface area contributed by atoms with Crippen LogP contribution in [0, 0.1) is 0 Å². The lowest BCUT2D eigenvalue weighted by Crippen LogP contribution is -2.43. The third-order valence-corrected chi connectivity index (χ3v) is 6.41. The van der Waals surface area contributed by atoms with E-state index in [4.69, 9.17) is 21.1 Å². The van der Waals surface area contributed by atoms with E-state index < -0.39 is 6.04 Å². The summed E-state index contributed by atoms with van der Waals surface area (Å²) in [6, 6.07) is 11.8. The van der Waals surface area contributed by atoms with Crippen molar-refractivity contribution in [3.63, 3.8) is 0 Å². The van der Waals surface area contributed by atoms with Crippen LogP contribution >= 0.6 is 22.9 Å². The molecule has 1 atom stereocenters. The van der Waals surface area contributed by atoms with Crippen LogP contribution in [0.3, 0.4) is 0 Å². The molecule has 3 heterocycles. The van der Waals surface area contributed by atoms with Gasteiger partial charge in [0.05, 0.1) is 10.6 Å². The normalized spacial score (nSPS) is 17.1. The molecule has 10 heteroatoms. The fourth-order valence-electron chi connectivity index (χ4n) is 3.68. The van der Waals surface area contributed by atoms with Gasteiger partial charge in [0, 0.05) is 12.1 Å². The first kappa shape index (κ1) is 19.8. The van der Waals surface area contributed by atoms with E-state index in [1.54, 1.807) is 29.2 Å². The Bertz CT molecular complexity index is 1170. The van der Waals surface area contributed by atoms with E-state index in [1.807, 2.05) is 18.2 Å². The number of nitrogens with zero attached hydrogens (tertiary/aromatic N) is 3. The van der Waals surface area contributed by atoms with Crippen molar-refractivity contribution in [2.75, 3.05) is 18.7 Å². The van der Waals surface area contributed by atoms with Crippen LogP contribution in [0.15, 0.2) is 42.5 Å². The number of benzene rings is 2. The van der Waals surface area contributed by atoms with Gasteiger partial charge in [0.25, 0.3) is 5.91 Å². The summed E-state index contributed by atoms with van der Waals surface area (Å²) in [6.07, 6.45) is 1.32. The largest absolute Gasteiger partial charge is 0.454 e. The highest BCUT2D eigenvalue weighted by molar-refractivity contribution is 7.18. The molecule has 1 aromatic heterocycles. The molecule has 0 spiro atoms. The molecule has 5 rings (SSSR count). The van der Waals surface area contributed by atoms with Crippen molar-refractivity contribution in [3.05, 3.63) is 53.1 Å². The van der Waals surface area contributed by atoms with Gasteiger partial charge in [-0.1, -0.05) is 35.1 Å². The van der Waals surface area contributed by atoms with E-state index in [0.717, 1.165) is 12.0 Å². The standard InChI is InChI=1S/C21H17ClN4O4S/c22-14-5-2-1-4-13(14)20(28)26-9-3-6-15(26)18(27)23-21-25-24-19(31-21)12-7-8-16-17(10-12)30-11-29-16/h1-2,4-5,7-8,10,15H,3,6,9,11H2,(H,23,25,27). The first-order chi connectivity index (χ1) is 15.1. The molecule has 1 saturated heterocycles. The van der Waals surface area contributed by atoms with Gasteiger partial charge in [0.1, 0.15) is 11.0 Å². The smallest absolute Gasteiger partial charge is 0.256 e. The predicted octanol–water partition coefficient (Wildman–Crippen LogP) is 3.83. The molecule has 1 N–H and O–H groups in total. The molecule has 0 bridgehead atoms. The number of aromatic nitrogens is 2. The van der Waals surface area contributed by atoms with Gasteiger partial charge >= 0.3 is 0 Å². The zero-order chi connectivity index (χ0) is 21.4. The molecular weight excluding hydrogens is 440 g/mol. The van der Waals surface area contributed by atoms with Crippen LogP contribution in [0.1, 0.15) is 23.2 Å². The molecule has 2 amide bonds. The summed E-state index contributed by atoms with van der Waals surface area (Å²) in [5.41, 5.74) is 1.21. The van der Waals surface area contributed by atoms with E-state index in [1.165, 1.54) is 11.3 Å². The lowest BCUT2D eigenvalue weighted by molar-refractivity contribution is -0.119. The van der Waals surface area contributed by atoms with Gasteiger partial charge in [-0.05, 0) is 43.2 Å². The zero-order valence-corrected chi connectivity index (χ0v) is 17.8. The van der Waals surface area contributed by atoms with E-state index >= 15 is 0 Å². The SMILES string of the molecule is O=C(Nc1nnc(-c2ccc3c(c2)OCO3)s1)C1CCCN1C(=O)c1ccccc1Cl. The molecule has 3 aromatic rings. The van der Waals surface area contributed by atoms with Gasteiger partial charge in [-0.2, -0.15) is 0 Å². The molecule has 8 nitrogen and oxygen atoms in total. The average Bonchev–Trinajstić information content (AvgIpc) is 3.53. The van der Waals surface area contributed by atoms with Crippen LogP contribution in [0.4, 0.5) is 5.13 Å². The number of hydrogen-bond acceptors (Lipinski definition) is 7. The van der Waals surface area contributed by atoms with Crippen molar-refractivity contribution in [2.24, 2.45) is 0 Å². The molecule has 31 heavy (non-hydrogen) atoms. The number of halogens is 1. The molecule has 2 aliphatic heterocycles. The molecule has 2 aliphatic rings. The monoisotopic (exact) mass is 456 g/mol. The topological polar surface area (TPSA) is 93.7 Å². The molecule has 158 valence electrons. The fraction of sp³-hybridized carbons (Fsp3) is 0.238. The Morgan fingerprint density at radius 3 is 2.84 bits per heavy atom. The number of anilines is 1. The summed E-state index contributed by atoms with van der Waals surface area (Å²) in [5, 5.41) is 12.4. The number of likely N-dealkylation sites (tertiary alicyclic amines) is 1. The first-order valence-electron chi connectivity index (χ1n) is 9.70. The first-order valence-corrected chi connectivity index (χ1v) is 10.9. The lowest BCUT2D eigenvalue weighted by atomic mass is 10.1. The Morgan fingerprint density at radius 1 is 1.13 bits per heavy atom.